The Morgan fingerprint density at radius 1 is 1.32 bits per heavy atom. The van der Waals surface area contributed by atoms with E-state index in [0.717, 1.165) is 16.0 Å². The molecule has 162 valence electrons. The molecule has 0 radical (unpaired) electrons. The Morgan fingerprint density at radius 3 is 2.61 bits per heavy atom. The number of nitriles is 1. The van der Waals surface area contributed by atoms with Gasteiger partial charge in [-0.25, -0.2) is 4.98 Å². The number of thiophene rings is 1. The molecule has 0 saturated heterocycles. The van der Waals surface area contributed by atoms with Crippen LogP contribution >= 0.6 is 23.1 Å². The molecule has 1 amide bonds. The number of carbonyl (C=O) groups excluding carboxylic acids is 1. The minimum Gasteiger partial charge on any atom is -0.337 e. The van der Waals surface area contributed by atoms with Crippen molar-refractivity contribution in [3.05, 3.63) is 56.7 Å². The van der Waals surface area contributed by atoms with Crippen LogP contribution in [0.3, 0.4) is 0 Å². The van der Waals surface area contributed by atoms with E-state index in [2.05, 4.69) is 11.4 Å². The van der Waals surface area contributed by atoms with E-state index < -0.39 is 5.54 Å². The molecule has 0 fully saturated rings. The second-order valence-corrected chi connectivity index (χ2v) is 10.2. The second kappa shape index (κ2) is 9.25. The van der Waals surface area contributed by atoms with Crippen molar-refractivity contribution in [2.75, 3.05) is 5.75 Å². The summed E-state index contributed by atoms with van der Waals surface area (Å²) in [4.78, 5) is 32.4. The fraction of sp³-hybridized carbons (Fsp3) is 0.391. The van der Waals surface area contributed by atoms with E-state index in [9.17, 15) is 14.9 Å². The van der Waals surface area contributed by atoms with Gasteiger partial charge in [0.25, 0.3) is 5.56 Å². The molecule has 0 bridgehead atoms. The number of thioether (sulfide) groups is 1. The molecule has 2 aromatic heterocycles. The summed E-state index contributed by atoms with van der Waals surface area (Å²) in [5, 5.41) is 13.4. The van der Waals surface area contributed by atoms with Gasteiger partial charge in [0.1, 0.15) is 10.4 Å². The topological polar surface area (TPSA) is 87.8 Å². The highest BCUT2D eigenvalue weighted by Gasteiger charge is 2.30. The van der Waals surface area contributed by atoms with Gasteiger partial charge in [0, 0.05) is 4.88 Å². The van der Waals surface area contributed by atoms with Crippen molar-refractivity contribution in [3.8, 4) is 6.07 Å². The third-order valence-electron chi connectivity index (χ3n) is 5.56. The van der Waals surface area contributed by atoms with Gasteiger partial charge < -0.3 is 5.32 Å². The molecule has 1 aromatic carbocycles. The summed E-state index contributed by atoms with van der Waals surface area (Å²) in [6, 6.07) is 11.9. The Hall–Kier alpha value is -2.63. The number of carbonyl (C=O) groups is 1. The number of hydrogen-bond acceptors (Lipinski definition) is 6. The minimum atomic E-state index is -0.944. The van der Waals surface area contributed by atoms with Crippen LogP contribution in [0.15, 0.2) is 40.3 Å². The quantitative estimate of drug-likeness (QED) is 0.425. The van der Waals surface area contributed by atoms with Crippen LogP contribution in [0.2, 0.25) is 0 Å². The molecule has 0 aliphatic rings. The molecule has 3 rings (SSSR count). The van der Waals surface area contributed by atoms with E-state index in [1.54, 1.807) is 11.5 Å². The Labute approximate surface area is 190 Å². The highest BCUT2D eigenvalue weighted by molar-refractivity contribution is 7.99. The van der Waals surface area contributed by atoms with E-state index in [4.69, 9.17) is 4.98 Å². The summed E-state index contributed by atoms with van der Waals surface area (Å²) in [6.45, 7) is 9.81. The smallest absolute Gasteiger partial charge is 0.263 e. The van der Waals surface area contributed by atoms with Crippen molar-refractivity contribution >= 4 is 39.2 Å². The highest BCUT2D eigenvalue weighted by Crippen LogP contribution is 2.28. The van der Waals surface area contributed by atoms with Crippen molar-refractivity contribution in [2.45, 2.75) is 51.9 Å². The summed E-state index contributed by atoms with van der Waals surface area (Å²) >= 11 is 2.71. The highest BCUT2D eigenvalue weighted by atomic mass is 32.2. The molecule has 2 heterocycles. The summed E-state index contributed by atoms with van der Waals surface area (Å²) in [6.07, 6.45) is 0. The van der Waals surface area contributed by atoms with Crippen LogP contribution in [-0.4, -0.2) is 26.8 Å². The maximum Gasteiger partial charge on any atom is 0.263 e. The lowest BCUT2D eigenvalue weighted by atomic mass is 9.90. The van der Waals surface area contributed by atoms with Crippen LogP contribution in [0.4, 0.5) is 0 Å². The first-order valence-corrected chi connectivity index (χ1v) is 11.9. The molecule has 0 aliphatic carbocycles. The number of amides is 1. The van der Waals surface area contributed by atoms with E-state index in [0.29, 0.717) is 21.9 Å². The molecule has 0 aliphatic heterocycles. The van der Waals surface area contributed by atoms with Gasteiger partial charge in [-0.3, -0.25) is 14.2 Å². The SMILES string of the molecule is Cc1sc2nc(SCC(=O)N[C@](C)(C#N)C(C)C)n(Cc3ccccc3)c(=O)c2c1C. The van der Waals surface area contributed by atoms with Gasteiger partial charge in [-0.2, -0.15) is 5.26 Å². The molecule has 8 heteroatoms. The summed E-state index contributed by atoms with van der Waals surface area (Å²) in [7, 11) is 0. The van der Waals surface area contributed by atoms with Gasteiger partial charge in [0.15, 0.2) is 5.16 Å². The number of fused-ring (bicyclic) bond motifs is 1. The Bertz CT molecular complexity index is 1210. The zero-order valence-corrected chi connectivity index (χ0v) is 20.0. The first kappa shape index (κ1) is 23.0. The van der Waals surface area contributed by atoms with E-state index in [1.807, 2.05) is 58.0 Å². The van der Waals surface area contributed by atoms with E-state index in [1.165, 1.54) is 23.1 Å². The van der Waals surface area contributed by atoms with Crippen LogP contribution in [0.5, 0.6) is 0 Å². The molecule has 0 spiro atoms. The Kier molecular flexibility index (Phi) is 6.87. The maximum absolute atomic E-state index is 13.4. The first-order chi connectivity index (χ1) is 14.7. The average molecular weight is 455 g/mol. The largest absolute Gasteiger partial charge is 0.337 e. The number of hydrogen-bond donors (Lipinski definition) is 1. The van der Waals surface area contributed by atoms with Crippen molar-refractivity contribution in [2.24, 2.45) is 5.92 Å². The van der Waals surface area contributed by atoms with Crippen LogP contribution in [0, 0.1) is 31.1 Å². The van der Waals surface area contributed by atoms with Gasteiger partial charge in [0.2, 0.25) is 5.91 Å². The van der Waals surface area contributed by atoms with Crippen molar-refractivity contribution in [1.82, 2.24) is 14.9 Å². The monoisotopic (exact) mass is 454 g/mol. The van der Waals surface area contributed by atoms with Gasteiger partial charge in [-0.15, -0.1) is 11.3 Å². The second-order valence-electron chi connectivity index (χ2n) is 8.04. The van der Waals surface area contributed by atoms with Gasteiger partial charge in [-0.05, 0) is 37.8 Å². The lowest BCUT2D eigenvalue weighted by Crippen LogP contribution is -2.49. The number of nitrogens with one attached hydrogen (secondary N) is 1. The molecule has 1 N–H and O–H groups in total. The van der Waals surface area contributed by atoms with Crippen LogP contribution in [0.1, 0.15) is 36.8 Å². The van der Waals surface area contributed by atoms with Gasteiger partial charge >= 0.3 is 0 Å². The van der Waals surface area contributed by atoms with Gasteiger partial charge in [0.05, 0.1) is 23.8 Å². The zero-order valence-electron chi connectivity index (χ0n) is 18.4. The summed E-state index contributed by atoms with van der Waals surface area (Å²) in [5.74, 6) is -0.226. The van der Waals surface area contributed by atoms with Crippen molar-refractivity contribution in [1.29, 1.82) is 5.26 Å². The predicted octanol–water partition coefficient (Wildman–Crippen LogP) is 4.27. The Balaban J connectivity index is 1.95. The van der Waals surface area contributed by atoms with Crippen molar-refractivity contribution < 1.29 is 4.79 Å². The van der Waals surface area contributed by atoms with E-state index >= 15 is 0 Å². The molecule has 31 heavy (non-hydrogen) atoms. The molecular formula is C23H26N4O2S2. The first-order valence-electron chi connectivity index (χ1n) is 10.1. The fourth-order valence-electron chi connectivity index (χ4n) is 3.08. The fourth-order valence-corrected chi connectivity index (χ4v) is 4.95. The number of aromatic nitrogens is 2. The van der Waals surface area contributed by atoms with E-state index in [-0.39, 0.29) is 23.1 Å². The van der Waals surface area contributed by atoms with Crippen LogP contribution in [0.25, 0.3) is 10.2 Å². The lowest BCUT2D eigenvalue weighted by Gasteiger charge is -2.27. The zero-order chi connectivity index (χ0) is 22.8. The normalized spacial score (nSPS) is 13.2. The molecule has 0 unspecified atom stereocenters. The predicted molar refractivity (Wildman–Crippen MR) is 127 cm³/mol. The third-order valence-corrected chi connectivity index (χ3v) is 7.63. The average Bonchev–Trinajstić information content (AvgIpc) is 3.03. The minimum absolute atomic E-state index is 0.0331. The summed E-state index contributed by atoms with van der Waals surface area (Å²) in [5.41, 5.74) is 0.900. The molecular weight excluding hydrogens is 428 g/mol. The molecule has 0 saturated carbocycles. The molecule has 1 atom stereocenters. The maximum atomic E-state index is 13.4. The Morgan fingerprint density at radius 2 is 2.00 bits per heavy atom. The van der Waals surface area contributed by atoms with Gasteiger partial charge in [-0.1, -0.05) is 55.9 Å². The van der Waals surface area contributed by atoms with Crippen LogP contribution < -0.4 is 10.9 Å². The number of nitrogens with zero attached hydrogens (tertiary/aromatic N) is 3. The summed E-state index contributed by atoms with van der Waals surface area (Å²) < 4.78 is 1.64. The van der Waals surface area contributed by atoms with Crippen LogP contribution in [-0.2, 0) is 11.3 Å². The standard InChI is InChI=1S/C23H26N4O2S2/c1-14(2)23(5,13-24)26-18(28)12-30-22-25-20-19(15(3)16(4)31-20)21(29)27(22)11-17-9-7-6-8-10-17/h6-10,14H,11-12H2,1-5H3,(H,26,28)/t23-/m1/s1. The lowest BCUT2D eigenvalue weighted by molar-refractivity contribution is -0.120. The number of rotatable bonds is 7. The molecule has 3 aromatic rings. The third kappa shape index (κ3) is 4.83. The molecule has 6 nitrogen and oxygen atoms in total. The number of aryl methyl sites for hydroxylation is 2. The number of benzene rings is 1. The van der Waals surface area contributed by atoms with Crippen molar-refractivity contribution in [3.63, 3.8) is 0 Å².